The van der Waals surface area contributed by atoms with Gasteiger partial charge in [0.1, 0.15) is 5.82 Å². The number of nitrogens with one attached hydrogen (secondary N) is 1. The van der Waals surface area contributed by atoms with Gasteiger partial charge in [0, 0.05) is 61.8 Å². The molecule has 5 nitrogen and oxygen atoms in total. The summed E-state index contributed by atoms with van der Waals surface area (Å²) < 4.78 is 17.0. The first kappa shape index (κ1) is 20.5. The Labute approximate surface area is 189 Å². The third kappa shape index (κ3) is 3.96. The Bertz CT molecular complexity index is 1090. The van der Waals surface area contributed by atoms with E-state index in [1.54, 1.807) is 0 Å². The van der Waals surface area contributed by atoms with Crippen LogP contribution in [0.5, 0.6) is 0 Å². The van der Waals surface area contributed by atoms with Crippen molar-refractivity contribution in [2.75, 3.05) is 39.3 Å². The van der Waals surface area contributed by atoms with Crippen LogP contribution >= 0.6 is 15.9 Å². The SMILES string of the molecule is O=C1NCCN1CCN1CCC(n2c(Br)c(-c3ccc(F)cc3)c3ccccc32)CC1. The van der Waals surface area contributed by atoms with Crippen LogP contribution in [0.15, 0.2) is 53.1 Å². The highest BCUT2D eigenvalue weighted by Gasteiger charge is 2.27. The van der Waals surface area contributed by atoms with Crippen LogP contribution in [0.3, 0.4) is 0 Å². The Morgan fingerprint density at radius 3 is 2.45 bits per heavy atom. The van der Waals surface area contributed by atoms with Crippen molar-refractivity contribution in [1.82, 2.24) is 19.7 Å². The van der Waals surface area contributed by atoms with Gasteiger partial charge in [-0.1, -0.05) is 30.3 Å². The van der Waals surface area contributed by atoms with Gasteiger partial charge in [-0.2, -0.15) is 0 Å². The number of fused-ring (bicyclic) bond motifs is 1. The number of benzene rings is 2. The maximum absolute atomic E-state index is 13.5. The van der Waals surface area contributed by atoms with Crippen LogP contribution in [0, 0.1) is 5.82 Å². The number of halogens is 2. The van der Waals surface area contributed by atoms with Gasteiger partial charge in [0.25, 0.3) is 0 Å². The van der Waals surface area contributed by atoms with Crippen LogP contribution in [-0.2, 0) is 0 Å². The Morgan fingerprint density at radius 1 is 1.00 bits per heavy atom. The molecule has 5 rings (SSSR count). The third-order valence-electron chi connectivity index (χ3n) is 6.54. The Balaban J connectivity index is 1.36. The number of carbonyl (C=O) groups is 1. The minimum atomic E-state index is -0.220. The molecule has 2 aromatic carbocycles. The molecule has 0 unspecified atom stereocenters. The largest absolute Gasteiger partial charge is 0.336 e. The molecular formula is C24H26BrFN4O. The maximum atomic E-state index is 13.5. The lowest BCUT2D eigenvalue weighted by Gasteiger charge is -2.34. The van der Waals surface area contributed by atoms with E-state index >= 15 is 0 Å². The lowest BCUT2D eigenvalue weighted by Crippen LogP contribution is -2.41. The summed E-state index contributed by atoms with van der Waals surface area (Å²) in [6.07, 6.45) is 2.12. The van der Waals surface area contributed by atoms with Crippen molar-refractivity contribution in [1.29, 1.82) is 0 Å². The number of rotatable bonds is 5. The van der Waals surface area contributed by atoms with Gasteiger partial charge >= 0.3 is 6.03 Å². The molecule has 0 saturated carbocycles. The number of nitrogens with zero attached hydrogens (tertiary/aromatic N) is 3. The Kier molecular flexibility index (Phi) is 5.71. The van der Waals surface area contributed by atoms with Crippen molar-refractivity contribution in [2.24, 2.45) is 0 Å². The lowest BCUT2D eigenvalue weighted by atomic mass is 10.0. The number of carbonyl (C=O) groups excluding carboxylic acids is 1. The molecule has 2 aliphatic heterocycles. The molecule has 1 N–H and O–H groups in total. The van der Waals surface area contributed by atoms with E-state index in [0.717, 1.165) is 67.8 Å². The van der Waals surface area contributed by atoms with Crippen molar-refractivity contribution < 1.29 is 9.18 Å². The third-order valence-corrected chi connectivity index (χ3v) is 7.32. The quantitative estimate of drug-likeness (QED) is 0.560. The highest BCUT2D eigenvalue weighted by Crippen LogP contribution is 2.42. The molecular weight excluding hydrogens is 459 g/mol. The normalized spacial score (nSPS) is 18.1. The molecule has 2 saturated heterocycles. The average Bonchev–Trinajstić information content (AvgIpc) is 3.33. The summed E-state index contributed by atoms with van der Waals surface area (Å²) in [7, 11) is 0. The number of likely N-dealkylation sites (tertiary alicyclic amines) is 1. The van der Waals surface area contributed by atoms with E-state index in [9.17, 15) is 9.18 Å². The van der Waals surface area contributed by atoms with Crippen LogP contribution in [-0.4, -0.2) is 59.7 Å². The summed E-state index contributed by atoms with van der Waals surface area (Å²) in [4.78, 5) is 16.1. The van der Waals surface area contributed by atoms with E-state index in [-0.39, 0.29) is 11.8 Å². The molecule has 0 radical (unpaired) electrons. The second-order valence-corrected chi connectivity index (χ2v) is 9.10. The Morgan fingerprint density at radius 2 is 1.74 bits per heavy atom. The summed E-state index contributed by atoms with van der Waals surface area (Å²) >= 11 is 3.89. The first-order valence-electron chi connectivity index (χ1n) is 10.9. The fourth-order valence-electron chi connectivity index (χ4n) is 4.87. The molecule has 31 heavy (non-hydrogen) atoms. The molecule has 0 atom stereocenters. The molecule has 2 amide bonds. The fourth-order valence-corrected chi connectivity index (χ4v) is 5.79. The highest BCUT2D eigenvalue weighted by molar-refractivity contribution is 9.10. The monoisotopic (exact) mass is 484 g/mol. The summed E-state index contributed by atoms with van der Waals surface area (Å²) in [5.41, 5.74) is 3.35. The van der Waals surface area contributed by atoms with Crippen LogP contribution in [0.4, 0.5) is 9.18 Å². The second kappa shape index (κ2) is 8.63. The number of urea groups is 1. The first-order chi connectivity index (χ1) is 15.1. The molecule has 7 heteroatoms. The van der Waals surface area contributed by atoms with Crippen LogP contribution in [0.25, 0.3) is 22.0 Å². The number of hydrogen-bond acceptors (Lipinski definition) is 2. The molecule has 2 aliphatic rings. The van der Waals surface area contributed by atoms with Gasteiger partial charge in [0.15, 0.2) is 0 Å². The summed E-state index contributed by atoms with van der Waals surface area (Å²) in [5.74, 6) is -0.220. The fraction of sp³-hybridized carbons (Fsp3) is 0.375. The van der Waals surface area contributed by atoms with Gasteiger partial charge in [-0.05, 0) is 52.5 Å². The zero-order chi connectivity index (χ0) is 21.4. The van der Waals surface area contributed by atoms with E-state index in [1.165, 1.54) is 23.0 Å². The molecule has 3 heterocycles. The van der Waals surface area contributed by atoms with Gasteiger partial charge < -0.3 is 19.7 Å². The first-order valence-corrected chi connectivity index (χ1v) is 11.7. The number of aromatic nitrogens is 1. The molecule has 3 aromatic rings. The molecule has 0 spiro atoms. The van der Waals surface area contributed by atoms with Gasteiger partial charge in [-0.15, -0.1) is 0 Å². The maximum Gasteiger partial charge on any atom is 0.317 e. The molecule has 1 aromatic heterocycles. The lowest BCUT2D eigenvalue weighted by molar-refractivity contribution is 0.167. The van der Waals surface area contributed by atoms with Crippen LogP contribution in [0.2, 0.25) is 0 Å². The van der Waals surface area contributed by atoms with Gasteiger partial charge in [-0.3, -0.25) is 0 Å². The minimum Gasteiger partial charge on any atom is -0.336 e. The van der Waals surface area contributed by atoms with Crippen molar-refractivity contribution >= 4 is 32.9 Å². The van der Waals surface area contributed by atoms with E-state index < -0.39 is 0 Å². The van der Waals surface area contributed by atoms with E-state index in [0.29, 0.717) is 6.04 Å². The number of hydrogen-bond donors (Lipinski definition) is 1. The van der Waals surface area contributed by atoms with Crippen molar-refractivity contribution in [3.8, 4) is 11.1 Å². The molecule has 0 aliphatic carbocycles. The topological polar surface area (TPSA) is 40.5 Å². The van der Waals surface area contributed by atoms with Gasteiger partial charge in [0.2, 0.25) is 0 Å². The number of amides is 2. The number of piperidine rings is 1. The number of para-hydroxylation sites is 1. The highest BCUT2D eigenvalue weighted by atomic mass is 79.9. The van der Waals surface area contributed by atoms with Crippen LogP contribution < -0.4 is 5.32 Å². The molecule has 2 fully saturated rings. The zero-order valence-corrected chi connectivity index (χ0v) is 18.9. The van der Waals surface area contributed by atoms with E-state index in [4.69, 9.17) is 0 Å². The predicted molar refractivity (Wildman–Crippen MR) is 125 cm³/mol. The Hall–Kier alpha value is -2.38. The minimum absolute atomic E-state index is 0.0611. The van der Waals surface area contributed by atoms with Crippen molar-refractivity contribution in [2.45, 2.75) is 18.9 Å². The summed E-state index contributed by atoms with van der Waals surface area (Å²) in [6, 6.07) is 15.7. The smallest absolute Gasteiger partial charge is 0.317 e. The summed E-state index contributed by atoms with van der Waals surface area (Å²) in [5, 5.41) is 4.05. The molecule has 162 valence electrons. The predicted octanol–water partition coefficient (Wildman–Crippen LogP) is 4.87. The zero-order valence-electron chi connectivity index (χ0n) is 17.4. The second-order valence-electron chi connectivity index (χ2n) is 8.35. The standard InChI is InChI=1S/C24H26BrFN4O/c25-23-22(17-5-7-18(26)8-6-17)20-3-1-2-4-21(20)30(23)19-9-12-28(13-10-19)15-16-29-14-11-27-24(29)31/h1-8,19H,9-16H2,(H,27,31). The van der Waals surface area contributed by atoms with Gasteiger partial charge in [0.05, 0.1) is 4.60 Å². The van der Waals surface area contributed by atoms with Crippen molar-refractivity contribution in [3.63, 3.8) is 0 Å². The average molecular weight is 485 g/mol. The van der Waals surface area contributed by atoms with Gasteiger partial charge in [-0.25, -0.2) is 9.18 Å². The van der Waals surface area contributed by atoms with Crippen molar-refractivity contribution in [3.05, 3.63) is 59.0 Å². The van der Waals surface area contributed by atoms with Crippen LogP contribution in [0.1, 0.15) is 18.9 Å². The summed E-state index contributed by atoms with van der Waals surface area (Å²) in [6.45, 7) is 5.32. The molecule has 0 bridgehead atoms. The van der Waals surface area contributed by atoms with E-state index in [2.05, 4.69) is 55.0 Å². The van der Waals surface area contributed by atoms with E-state index in [1.807, 2.05) is 17.0 Å².